The van der Waals surface area contributed by atoms with Gasteiger partial charge >= 0.3 is 0 Å². The lowest BCUT2D eigenvalue weighted by molar-refractivity contribution is -0.120. The van der Waals surface area contributed by atoms with E-state index in [9.17, 15) is 9.59 Å². The van der Waals surface area contributed by atoms with E-state index >= 15 is 0 Å². The third-order valence-corrected chi connectivity index (χ3v) is 6.00. The van der Waals surface area contributed by atoms with Crippen molar-refractivity contribution in [3.63, 3.8) is 0 Å². The normalized spacial score (nSPS) is 13.6. The Bertz CT molecular complexity index is 1200. The first kappa shape index (κ1) is 21.5. The maximum absolute atomic E-state index is 13.5. The van der Waals surface area contributed by atoms with Gasteiger partial charge < -0.3 is 19.7 Å². The van der Waals surface area contributed by atoms with Crippen LogP contribution < -0.4 is 24.6 Å². The van der Waals surface area contributed by atoms with Crippen molar-refractivity contribution >= 4 is 45.8 Å². The lowest BCUT2D eigenvalue weighted by Crippen LogP contribution is -2.32. The minimum Gasteiger partial charge on any atom is -0.493 e. The van der Waals surface area contributed by atoms with Gasteiger partial charge in [0.2, 0.25) is 0 Å². The smallest absolute Gasteiger partial charge is 0.282 e. The molecule has 1 aromatic heterocycles. The molecule has 2 aromatic carbocycles. The molecule has 0 aliphatic carbocycles. The zero-order chi connectivity index (χ0) is 22.8. The fraction of sp³-hybridized carbons (Fsp3) is 0.167. The van der Waals surface area contributed by atoms with Crippen LogP contribution in [-0.2, 0) is 9.59 Å². The molecule has 0 unspecified atom stereocenters. The lowest BCUT2D eigenvalue weighted by atomic mass is 10.1. The van der Waals surface area contributed by atoms with E-state index in [1.807, 2.05) is 54.7 Å². The number of hydrogen-bond donors (Lipinski definition) is 1. The largest absolute Gasteiger partial charge is 0.493 e. The van der Waals surface area contributed by atoms with Gasteiger partial charge in [-0.2, -0.15) is 0 Å². The zero-order valence-electron chi connectivity index (χ0n) is 18.2. The number of amides is 2. The number of benzene rings is 2. The molecule has 0 saturated heterocycles. The van der Waals surface area contributed by atoms with E-state index in [4.69, 9.17) is 9.47 Å². The lowest BCUT2D eigenvalue weighted by Gasteiger charge is -2.19. The van der Waals surface area contributed by atoms with E-state index in [1.54, 1.807) is 38.5 Å². The summed E-state index contributed by atoms with van der Waals surface area (Å²) in [5.41, 5.74) is 2.58. The summed E-state index contributed by atoms with van der Waals surface area (Å²) in [6.45, 7) is 0. The molecule has 3 aromatic rings. The van der Waals surface area contributed by atoms with Crippen LogP contribution in [0.4, 0.5) is 17.1 Å². The monoisotopic (exact) mass is 449 g/mol. The second kappa shape index (κ2) is 8.76. The first-order valence-electron chi connectivity index (χ1n) is 9.88. The van der Waals surface area contributed by atoms with E-state index in [0.29, 0.717) is 28.4 Å². The number of methoxy groups -OCH3 is 2. The van der Waals surface area contributed by atoms with Gasteiger partial charge in [0.1, 0.15) is 5.70 Å². The highest BCUT2D eigenvalue weighted by Crippen LogP contribution is 2.37. The molecule has 32 heavy (non-hydrogen) atoms. The molecule has 0 saturated carbocycles. The average Bonchev–Trinajstić information content (AvgIpc) is 3.40. The molecule has 0 fully saturated rings. The molecule has 0 bridgehead atoms. The van der Waals surface area contributed by atoms with Crippen molar-refractivity contribution < 1.29 is 19.1 Å². The molecule has 4 rings (SSSR count). The predicted molar refractivity (Wildman–Crippen MR) is 128 cm³/mol. The number of thiophene rings is 1. The maximum Gasteiger partial charge on any atom is 0.282 e. The summed E-state index contributed by atoms with van der Waals surface area (Å²) in [5, 5.41) is 5.03. The van der Waals surface area contributed by atoms with Crippen molar-refractivity contribution in [2.24, 2.45) is 0 Å². The van der Waals surface area contributed by atoms with E-state index in [2.05, 4.69) is 5.32 Å². The molecule has 2 amide bonds. The summed E-state index contributed by atoms with van der Waals surface area (Å²) in [7, 11) is 6.92. The number of nitrogens with one attached hydrogen (secondary N) is 1. The standard InChI is InChI=1S/C24H23N3O4S/c1-26(2)16-7-5-8-17(14-16)27-23(28)21(20-9-6-12-32-20)22(24(27)29)25-15-10-11-18(30-3)19(13-15)31-4/h5-14,25H,1-4H3. The summed E-state index contributed by atoms with van der Waals surface area (Å²) in [5.74, 6) is 0.310. The van der Waals surface area contributed by atoms with Gasteiger partial charge in [0.15, 0.2) is 11.5 Å². The SMILES string of the molecule is COc1ccc(NC2=C(c3cccs3)C(=O)N(c3cccc(N(C)C)c3)C2=O)cc1OC. The summed E-state index contributed by atoms with van der Waals surface area (Å²) >= 11 is 1.41. The number of carbonyl (C=O) groups excluding carboxylic acids is 2. The molecule has 8 heteroatoms. The molecule has 0 spiro atoms. The molecular weight excluding hydrogens is 426 g/mol. The third kappa shape index (κ3) is 3.80. The van der Waals surface area contributed by atoms with Crippen LogP contribution in [0, 0.1) is 0 Å². The highest BCUT2D eigenvalue weighted by molar-refractivity contribution is 7.11. The number of hydrogen-bond acceptors (Lipinski definition) is 7. The van der Waals surface area contributed by atoms with Crippen molar-refractivity contribution in [2.75, 3.05) is 43.4 Å². The Morgan fingerprint density at radius 3 is 2.34 bits per heavy atom. The van der Waals surface area contributed by atoms with Gasteiger partial charge in [-0.3, -0.25) is 9.59 Å². The van der Waals surface area contributed by atoms with Crippen molar-refractivity contribution in [2.45, 2.75) is 0 Å². The van der Waals surface area contributed by atoms with Gasteiger partial charge in [0, 0.05) is 36.4 Å². The number of anilines is 3. The Labute approximate surface area is 190 Å². The second-order valence-electron chi connectivity index (χ2n) is 7.28. The van der Waals surface area contributed by atoms with Gasteiger partial charge in [0.05, 0.1) is 25.5 Å². The molecule has 1 aliphatic rings. The van der Waals surface area contributed by atoms with Crippen LogP contribution in [0.2, 0.25) is 0 Å². The highest BCUT2D eigenvalue weighted by atomic mass is 32.1. The summed E-state index contributed by atoms with van der Waals surface area (Å²) in [6.07, 6.45) is 0. The van der Waals surface area contributed by atoms with Gasteiger partial charge in [-0.1, -0.05) is 12.1 Å². The van der Waals surface area contributed by atoms with Crippen LogP contribution in [0.5, 0.6) is 11.5 Å². The Balaban J connectivity index is 1.77. The number of imide groups is 1. The van der Waals surface area contributed by atoms with E-state index in [1.165, 1.54) is 16.2 Å². The molecule has 0 atom stereocenters. The molecule has 2 heterocycles. The van der Waals surface area contributed by atoms with Gasteiger partial charge in [-0.25, -0.2) is 4.90 Å². The predicted octanol–water partition coefficient (Wildman–Crippen LogP) is 4.23. The first-order chi connectivity index (χ1) is 15.4. The van der Waals surface area contributed by atoms with Gasteiger partial charge in [-0.05, 0) is 41.8 Å². The van der Waals surface area contributed by atoms with E-state index in [-0.39, 0.29) is 11.6 Å². The Morgan fingerprint density at radius 1 is 0.906 bits per heavy atom. The van der Waals surface area contributed by atoms with Crippen molar-refractivity contribution in [3.8, 4) is 11.5 Å². The molecule has 7 nitrogen and oxygen atoms in total. The molecule has 1 N–H and O–H groups in total. The summed E-state index contributed by atoms with van der Waals surface area (Å²) in [4.78, 5) is 30.8. The molecular formula is C24H23N3O4S. The van der Waals surface area contributed by atoms with Crippen LogP contribution in [0.15, 0.2) is 65.7 Å². The number of carbonyl (C=O) groups is 2. The Kier molecular flexibility index (Phi) is 5.87. The number of rotatable bonds is 7. The Hall–Kier alpha value is -3.78. The van der Waals surface area contributed by atoms with Crippen LogP contribution in [0.3, 0.4) is 0 Å². The average molecular weight is 450 g/mol. The van der Waals surface area contributed by atoms with Crippen LogP contribution in [0.1, 0.15) is 4.88 Å². The van der Waals surface area contributed by atoms with Crippen LogP contribution in [-0.4, -0.2) is 40.1 Å². The number of ether oxygens (including phenoxy) is 2. The van der Waals surface area contributed by atoms with E-state index < -0.39 is 5.91 Å². The molecule has 0 radical (unpaired) electrons. The fourth-order valence-electron chi connectivity index (χ4n) is 3.50. The highest BCUT2D eigenvalue weighted by Gasteiger charge is 2.40. The van der Waals surface area contributed by atoms with Crippen LogP contribution in [0.25, 0.3) is 5.57 Å². The van der Waals surface area contributed by atoms with Gasteiger partial charge in [-0.15, -0.1) is 11.3 Å². The summed E-state index contributed by atoms with van der Waals surface area (Å²) < 4.78 is 10.7. The molecule has 1 aliphatic heterocycles. The quantitative estimate of drug-likeness (QED) is 0.545. The van der Waals surface area contributed by atoms with Crippen LogP contribution >= 0.6 is 11.3 Å². The fourth-order valence-corrected chi connectivity index (χ4v) is 4.27. The summed E-state index contributed by atoms with van der Waals surface area (Å²) in [6, 6.07) is 16.3. The van der Waals surface area contributed by atoms with Crippen molar-refractivity contribution in [3.05, 3.63) is 70.6 Å². The minimum atomic E-state index is -0.413. The topological polar surface area (TPSA) is 71.1 Å². The van der Waals surface area contributed by atoms with E-state index in [0.717, 1.165) is 10.6 Å². The van der Waals surface area contributed by atoms with Crippen molar-refractivity contribution in [1.82, 2.24) is 0 Å². The minimum absolute atomic E-state index is 0.222. The van der Waals surface area contributed by atoms with Crippen molar-refractivity contribution in [1.29, 1.82) is 0 Å². The molecule has 164 valence electrons. The van der Waals surface area contributed by atoms with Gasteiger partial charge in [0.25, 0.3) is 11.8 Å². The third-order valence-electron chi connectivity index (χ3n) is 5.11. The zero-order valence-corrected chi connectivity index (χ0v) is 19.0. The maximum atomic E-state index is 13.5. The first-order valence-corrected chi connectivity index (χ1v) is 10.8. The number of nitrogens with zero attached hydrogens (tertiary/aromatic N) is 2. The Morgan fingerprint density at radius 2 is 1.69 bits per heavy atom. The second-order valence-corrected chi connectivity index (χ2v) is 8.23.